The topological polar surface area (TPSA) is 99.7 Å². The van der Waals surface area contributed by atoms with Crippen LogP contribution in [0.15, 0.2) is 74.9 Å². The summed E-state index contributed by atoms with van der Waals surface area (Å²) in [6, 6.07) is 15.9. The number of aliphatic hydroxyl groups excluding tert-OH is 1. The molecule has 2 aromatic carbocycles. The van der Waals surface area contributed by atoms with E-state index in [1.54, 1.807) is 30.2 Å². The lowest BCUT2D eigenvalue weighted by Gasteiger charge is -2.18. The molecule has 0 unspecified atom stereocenters. The average molecular weight is 431 g/mol. The molecule has 0 saturated carbocycles. The van der Waals surface area contributed by atoms with Gasteiger partial charge in [0.15, 0.2) is 0 Å². The Bertz CT molecular complexity index is 1400. The Labute approximate surface area is 181 Å². The van der Waals surface area contributed by atoms with Crippen molar-refractivity contribution in [3.05, 3.63) is 81.2 Å². The molecule has 2 N–H and O–H groups in total. The van der Waals surface area contributed by atoms with E-state index in [-0.39, 0.29) is 18.1 Å². The number of amidine groups is 1. The number of rotatable bonds is 4. The van der Waals surface area contributed by atoms with Crippen molar-refractivity contribution in [2.24, 2.45) is 0 Å². The molecule has 7 nitrogen and oxygen atoms in total. The predicted molar refractivity (Wildman–Crippen MR) is 121 cm³/mol. The van der Waals surface area contributed by atoms with Gasteiger partial charge in [0.1, 0.15) is 27.9 Å². The summed E-state index contributed by atoms with van der Waals surface area (Å²) in [5.41, 5.74) is 2.91. The van der Waals surface area contributed by atoms with E-state index in [0.29, 0.717) is 16.2 Å². The van der Waals surface area contributed by atoms with Crippen LogP contribution in [0.3, 0.4) is 0 Å². The third kappa shape index (κ3) is 3.36. The number of aliphatic hydroxyl groups is 1. The third-order valence-electron chi connectivity index (χ3n) is 5.12. The third-order valence-corrected chi connectivity index (χ3v) is 5.98. The van der Waals surface area contributed by atoms with E-state index in [1.807, 2.05) is 35.7 Å². The van der Waals surface area contributed by atoms with Crippen molar-refractivity contribution < 1.29 is 14.3 Å². The molecule has 2 aromatic heterocycles. The SMILES string of the molecule is COc1ccc(-c2csc(C3=C(O)CN(c4ccc5oc(=O)ccc5c4)C3=N)n2)cc1. The van der Waals surface area contributed by atoms with E-state index >= 15 is 0 Å². The van der Waals surface area contributed by atoms with E-state index < -0.39 is 5.63 Å². The molecule has 1 aliphatic rings. The number of nitrogens with zero attached hydrogens (tertiary/aromatic N) is 2. The van der Waals surface area contributed by atoms with Gasteiger partial charge in [0.2, 0.25) is 0 Å². The Morgan fingerprint density at radius 1 is 1.16 bits per heavy atom. The van der Waals surface area contributed by atoms with Crippen molar-refractivity contribution in [2.75, 3.05) is 18.6 Å². The van der Waals surface area contributed by atoms with E-state index in [0.717, 1.165) is 28.1 Å². The molecule has 3 heterocycles. The second-order valence-corrected chi connectivity index (χ2v) is 7.86. The number of benzene rings is 2. The van der Waals surface area contributed by atoms with E-state index in [9.17, 15) is 9.90 Å². The molecule has 5 rings (SSSR count). The van der Waals surface area contributed by atoms with E-state index in [2.05, 4.69) is 4.98 Å². The van der Waals surface area contributed by atoms with Crippen molar-refractivity contribution in [1.82, 2.24) is 4.98 Å². The minimum Gasteiger partial charge on any atom is -0.510 e. The number of nitrogens with one attached hydrogen (secondary N) is 1. The van der Waals surface area contributed by atoms with Crippen LogP contribution in [-0.2, 0) is 0 Å². The molecule has 0 aliphatic carbocycles. The molecule has 1 aliphatic heterocycles. The first kappa shape index (κ1) is 19.1. The molecular formula is C23H17N3O4S. The summed E-state index contributed by atoms with van der Waals surface area (Å²) in [5, 5.41) is 22.5. The van der Waals surface area contributed by atoms with Crippen LogP contribution in [0.5, 0.6) is 5.75 Å². The minimum absolute atomic E-state index is 0.0975. The van der Waals surface area contributed by atoms with Gasteiger partial charge in [-0.25, -0.2) is 9.78 Å². The number of methoxy groups -OCH3 is 1. The number of aromatic nitrogens is 1. The number of fused-ring (bicyclic) bond motifs is 1. The van der Waals surface area contributed by atoms with Crippen LogP contribution in [0, 0.1) is 5.41 Å². The summed E-state index contributed by atoms with van der Waals surface area (Å²) in [7, 11) is 1.62. The van der Waals surface area contributed by atoms with Gasteiger partial charge in [-0.15, -0.1) is 11.3 Å². The van der Waals surface area contributed by atoms with Crippen LogP contribution >= 0.6 is 11.3 Å². The molecule has 0 radical (unpaired) electrons. The zero-order chi connectivity index (χ0) is 21.5. The molecule has 0 fully saturated rings. The Morgan fingerprint density at radius 2 is 1.97 bits per heavy atom. The summed E-state index contributed by atoms with van der Waals surface area (Å²) < 4.78 is 10.4. The lowest BCUT2D eigenvalue weighted by molar-refractivity contribution is 0.411. The van der Waals surface area contributed by atoms with Gasteiger partial charge in [0.25, 0.3) is 0 Å². The minimum atomic E-state index is -0.410. The van der Waals surface area contributed by atoms with Gasteiger partial charge in [-0.2, -0.15) is 0 Å². The molecule has 0 bridgehead atoms. The van der Waals surface area contributed by atoms with Crippen LogP contribution in [0.4, 0.5) is 5.69 Å². The van der Waals surface area contributed by atoms with Crippen LogP contribution in [-0.4, -0.2) is 29.6 Å². The fraction of sp³-hybridized carbons (Fsp3) is 0.0870. The lowest BCUT2D eigenvalue weighted by Crippen LogP contribution is -2.25. The van der Waals surface area contributed by atoms with Gasteiger partial charge >= 0.3 is 5.63 Å². The summed E-state index contributed by atoms with van der Waals surface area (Å²) in [6.07, 6.45) is 0. The average Bonchev–Trinajstić information content (AvgIpc) is 3.37. The summed E-state index contributed by atoms with van der Waals surface area (Å²) >= 11 is 1.38. The molecule has 0 spiro atoms. The maximum absolute atomic E-state index is 11.4. The smallest absolute Gasteiger partial charge is 0.336 e. The highest BCUT2D eigenvalue weighted by Gasteiger charge is 2.31. The molecule has 154 valence electrons. The molecule has 8 heteroatoms. The fourth-order valence-corrected chi connectivity index (χ4v) is 4.43. The van der Waals surface area contributed by atoms with Crippen LogP contribution in [0.25, 0.3) is 27.8 Å². The van der Waals surface area contributed by atoms with Gasteiger partial charge < -0.3 is 19.2 Å². The largest absolute Gasteiger partial charge is 0.510 e. The van der Waals surface area contributed by atoms with Gasteiger partial charge in [0, 0.05) is 28.1 Å². The quantitative estimate of drug-likeness (QED) is 0.455. The first-order valence-corrected chi connectivity index (χ1v) is 10.3. The number of ether oxygens (including phenoxy) is 1. The van der Waals surface area contributed by atoms with Crippen molar-refractivity contribution in [2.45, 2.75) is 0 Å². The monoisotopic (exact) mass is 431 g/mol. The summed E-state index contributed by atoms with van der Waals surface area (Å²) in [6.45, 7) is 0.175. The van der Waals surface area contributed by atoms with Crippen LogP contribution in [0.2, 0.25) is 0 Å². The molecular weight excluding hydrogens is 414 g/mol. The maximum Gasteiger partial charge on any atom is 0.336 e. The normalized spacial score (nSPS) is 14.0. The van der Waals surface area contributed by atoms with Crippen molar-refractivity contribution >= 4 is 39.4 Å². The Morgan fingerprint density at radius 3 is 2.74 bits per heavy atom. The maximum atomic E-state index is 11.4. The lowest BCUT2D eigenvalue weighted by atomic mass is 10.1. The second kappa shape index (κ2) is 7.41. The molecule has 0 atom stereocenters. The highest BCUT2D eigenvalue weighted by molar-refractivity contribution is 7.11. The molecule has 0 amide bonds. The first-order valence-electron chi connectivity index (χ1n) is 9.46. The van der Waals surface area contributed by atoms with E-state index in [4.69, 9.17) is 14.6 Å². The van der Waals surface area contributed by atoms with Gasteiger partial charge in [0.05, 0.1) is 24.9 Å². The van der Waals surface area contributed by atoms with Crippen molar-refractivity contribution in [3.63, 3.8) is 0 Å². The summed E-state index contributed by atoms with van der Waals surface area (Å²) in [4.78, 5) is 17.7. The summed E-state index contributed by atoms with van der Waals surface area (Å²) in [5.74, 6) is 1.03. The Hall–Kier alpha value is -3.91. The Balaban J connectivity index is 1.44. The van der Waals surface area contributed by atoms with Gasteiger partial charge in [-0.05, 0) is 48.5 Å². The van der Waals surface area contributed by atoms with Crippen molar-refractivity contribution in [1.29, 1.82) is 5.41 Å². The van der Waals surface area contributed by atoms with Gasteiger partial charge in [-0.3, -0.25) is 5.41 Å². The van der Waals surface area contributed by atoms with Crippen molar-refractivity contribution in [3.8, 4) is 17.0 Å². The number of hydrogen-bond donors (Lipinski definition) is 2. The van der Waals surface area contributed by atoms with E-state index in [1.165, 1.54) is 17.4 Å². The fourth-order valence-electron chi connectivity index (χ4n) is 3.53. The zero-order valence-corrected chi connectivity index (χ0v) is 17.3. The first-order chi connectivity index (χ1) is 15.0. The van der Waals surface area contributed by atoms with Crippen LogP contribution in [0.1, 0.15) is 5.01 Å². The highest BCUT2D eigenvalue weighted by Crippen LogP contribution is 2.35. The molecule has 4 aromatic rings. The second-order valence-electron chi connectivity index (χ2n) is 7.00. The van der Waals surface area contributed by atoms with Gasteiger partial charge in [-0.1, -0.05) is 0 Å². The number of hydrogen-bond acceptors (Lipinski definition) is 7. The zero-order valence-electron chi connectivity index (χ0n) is 16.5. The predicted octanol–water partition coefficient (Wildman–Crippen LogP) is 4.69. The highest BCUT2D eigenvalue weighted by atomic mass is 32.1. The number of anilines is 1. The Kier molecular flexibility index (Phi) is 4.56. The number of thiazole rings is 1. The van der Waals surface area contributed by atoms with Crippen LogP contribution < -0.4 is 15.3 Å². The standard InChI is InChI=1S/C23H17N3O4S/c1-29-16-6-2-13(3-7-16)17-12-31-23(25-17)21-18(27)11-26(22(21)24)15-5-8-19-14(10-15)4-9-20(28)30-19/h2-10,12,24,27H,11H2,1H3. The molecule has 31 heavy (non-hydrogen) atoms. The molecule has 0 saturated heterocycles.